The first kappa shape index (κ1) is 14.0. The third-order valence-corrected chi connectivity index (χ3v) is 5.49. The number of nitrogens with zero attached hydrogens (tertiary/aromatic N) is 2. The van der Waals surface area contributed by atoms with E-state index < -0.39 is 10.0 Å². The largest absolute Gasteiger partial charge is 0.326 e. The maximum Gasteiger partial charge on any atom is 0.211 e. The molecule has 0 saturated carbocycles. The molecule has 18 heavy (non-hydrogen) atoms. The molecule has 1 aromatic heterocycles. The lowest BCUT2D eigenvalue weighted by atomic mass is 10.3. The van der Waals surface area contributed by atoms with Crippen molar-refractivity contribution in [2.24, 2.45) is 5.73 Å². The van der Waals surface area contributed by atoms with Gasteiger partial charge in [-0.25, -0.2) is 8.42 Å². The summed E-state index contributed by atoms with van der Waals surface area (Å²) < 4.78 is 24.3. The smallest absolute Gasteiger partial charge is 0.211 e. The van der Waals surface area contributed by atoms with E-state index in [0.717, 1.165) is 19.6 Å². The van der Waals surface area contributed by atoms with Crippen LogP contribution in [0.15, 0.2) is 12.1 Å². The second kappa shape index (κ2) is 5.66. The maximum atomic E-state index is 11.4. The molecular formula is C11H19N3O2S2. The molecule has 1 aliphatic heterocycles. The SMILES string of the molecule is CS(=O)(=O)N1CCN(Cc2ccc(CN)s2)CC1. The summed E-state index contributed by atoms with van der Waals surface area (Å²) in [7, 11) is -3.03. The van der Waals surface area contributed by atoms with Crippen molar-refractivity contribution in [3.05, 3.63) is 21.9 Å². The lowest BCUT2D eigenvalue weighted by Gasteiger charge is -2.32. The Bertz CT molecular complexity index is 490. The highest BCUT2D eigenvalue weighted by Crippen LogP contribution is 2.18. The van der Waals surface area contributed by atoms with Gasteiger partial charge >= 0.3 is 0 Å². The third-order valence-electron chi connectivity index (χ3n) is 3.10. The molecule has 0 spiro atoms. The summed E-state index contributed by atoms with van der Waals surface area (Å²) >= 11 is 1.73. The van der Waals surface area contributed by atoms with Crippen LogP contribution in [-0.2, 0) is 23.1 Å². The van der Waals surface area contributed by atoms with Gasteiger partial charge in [-0.2, -0.15) is 4.31 Å². The first-order chi connectivity index (χ1) is 8.49. The molecule has 0 aliphatic carbocycles. The lowest BCUT2D eigenvalue weighted by Crippen LogP contribution is -2.47. The Hall–Kier alpha value is -0.470. The second-order valence-corrected chi connectivity index (χ2v) is 7.75. The van der Waals surface area contributed by atoms with E-state index >= 15 is 0 Å². The van der Waals surface area contributed by atoms with Crippen LogP contribution >= 0.6 is 11.3 Å². The van der Waals surface area contributed by atoms with Crippen molar-refractivity contribution in [3.8, 4) is 0 Å². The second-order valence-electron chi connectivity index (χ2n) is 4.51. The fourth-order valence-electron chi connectivity index (χ4n) is 2.06. The number of hydrogen-bond acceptors (Lipinski definition) is 5. The summed E-state index contributed by atoms with van der Waals surface area (Å²) in [5.74, 6) is 0. The van der Waals surface area contributed by atoms with Crippen LogP contribution in [0.2, 0.25) is 0 Å². The molecular weight excluding hydrogens is 270 g/mol. The van der Waals surface area contributed by atoms with Gasteiger partial charge in [0.25, 0.3) is 0 Å². The Morgan fingerprint density at radius 2 is 1.83 bits per heavy atom. The van der Waals surface area contributed by atoms with Gasteiger partial charge in [0.15, 0.2) is 0 Å². The van der Waals surface area contributed by atoms with Crippen LogP contribution in [0.1, 0.15) is 9.75 Å². The molecule has 2 heterocycles. The molecule has 1 aliphatic rings. The van der Waals surface area contributed by atoms with Crippen molar-refractivity contribution in [1.29, 1.82) is 0 Å². The summed E-state index contributed by atoms with van der Waals surface area (Å²) in [5.41, 5.74) is 5.59. The topological polar surface area (TPSA) is 66.6 Å². The van der Waals surface area contributed by atoms with Crippen molar-refractivity contribution in [2.75, 3.05) is 32.4 Å². The molecule has 102 valence electrons. The Kier molecular flexibility index (Phi) is 4.39. The zero-order chi connectivity index (χ0) is 13.2. The minimum atomic E-state index is -3.03. The Morgan fingerprint density at radius 3 is 2.33 bits per heavy atom. The van der Waals surface area contributed by atoms with Crippen LogP contribution in [0, 0.1) is 0 Å². The van der Waals surface area contributed by atoms with Gasteiger partial charge in [0.2, 0.25) is 10.0 Å². The van der Waals surface area contributed by atoms with Crippen molar-refractivity contribution < 1.29 is 8.42 Å². The first-order valence-electron chi connectivity index (χ1n) is 5.94. The fraction of sp³-hybridized carbons (Fsp3) is 0.636. The van der Waals surface area contributed by atoms with E-state index in [2.05, 4.69) is 17.0 Å². The molecule has 2 N–H and O–H groups in total. The van der Waals surface area contributed by atoms with Crippen LogP contribution in [0.25, 0.3) is 0 Å². The summed E-state index contributed by atoms with van der Waals surface area (Å²) in [6.07, 6.45) is 1.27. The van der Waals surface area contributed by atoms with Gasteiger partial charge in [0, 0.05) is 49.0 Å². The van der Waals surface area contributed by atoms with E-state index in [-0.39, 0.29) is 0 Å². The van der Waals surface area contributed by atoms with Gasteiger partial charge in [-0.1, -0.05) is 0 Å². The van der Waals surface area contributed by atoms with E-state index in [1.807, 2.05) is 0 Å². The molecule has 0 radical (unpaired) electrons. The van der Waals surface area contributed by atoms with Gasteiger partial charge in [0.05, 0.1) is 6.26 Å². The minimum absolute atomic E-state index is 0.590. The highest BCUT2D eigenvalue weighted by Gasteiger charge is 2.23. The monoisotopic (exact) mass is 289 g/mol. The molecule has 0 bridgehead atoms. The Labute approximate surface area is 112 Å². The number of rotatable bonds is 4. The molecule has 0 unspecified atom stereocenters. The number of thiophene rings is 1. The quantitative estimate of drug-likeness (QED) is 0.865. The van der Waals surface area contributed by atoms with Crippen molar-refractivity contribution in [2.45, 2.75) is 13.1 Å². The highest BCUT2D eigenvalue weighted by atomic mass is 32.2. The van der Waals surface area contributed by atoms with E-state index in [4.69, 9.17) is 5.73 Å². The molecule has 2 rings (SSSR count). The van der Waals surface area contributed by atoms with Crippen LogP contribution in [0.5, 0.6) is 0 Å². The van der Waals surface area contributed by atoms with Gasteiger partial charge in [0.1, 0.15) is 0 Å². The Morgan fingerprint density at radius 1 is 1.22 bits per heavy atom. The number of nitrogens with two attached hydrogens (primary N) is 1. The normalized spacial score (nSPS) is 19.2. The first-order valence-corrected chi connectivity index (χ1v) is 8.60. The van der Waals surface area contributed by atoms with E-state index in [0.29, 0.717) is 19.6 Å². The predicted octanol–water partition coefficient (Wildman–Crippen LogP) is 0.284. The van der Waals surface area contributed by atoms with Crippen molar-refractivity contribution >= 4 is 21.4 Å². The van der Waals surface area contributed by atoms with Crippen LogP contribution < -0.4 is 5.73 Å². The standard InChI is InChI=1S/C11H19N3O2S2/c1-18(15,16)14-6-4-13(5-7-14)9-11-3-2-10(8-12)17-11/h2-3H,4-9,12H2,1H3. The molecule has 1 fully saturated rings. The van der Waals surface area contributed by atoms with Crippen molar-refractivity contribution in [3.63, 3.8) is 0 Å². The fourth-order valence-corrected chi connectivity index (χ4v) is 3.82. The van der Waals surface area contributed by atoms with E-state index in [1.54, 1.807) is 15.6 Å². The number of hydrogen-bond donors (Lipinski definition) is 1. The van der Waals surface area contributed by atoms with Crippen molar-refractivity contribution in [1.82, 2.24) is 9.21 Å². The number of piperazine rings is 1. The molecule has 5 nitrogen and oxygen atoms in total. The third kappa shape index (κ3) is 3.52. The predicted molar refractivity (Wildman–Crippen MR) is 73.9 cm³/mol. The average molecular weight is 289 g/mol. The van der Waals surface area contributed by atoms with E-state index in [1.165, 1.54) is 16.0 Å². The minimum Gasteiger partial charge on any atom is -0.326 e. The van der Waals surface area contributed by atoms with Gasteiger partial charge in [-0.15, -0.1) is 11.3 Å². The highest BCUT2D eigenvalue weighted by molar-refractivity contribution is 7.88. The average Bonchev–Trinajstić information content (AvgIpc) is 2.76. The van der Waals surface area contributed by atoms with Crippen LogP contribution in [-0.4, -0.2) is 50.1 Å². The van der Waals surface area contributed by atoms with Gasteiger partial charge in [-0.3, -0.25) is 4.90 Å². The maximum absolute atomic E-state index is 11.4. The van der Waals surface area contributed by atoms with Gasteiger partial charge in [-0.05, 0) is 12.1 Å². The lowest BCUT2D eigenvalue weighted by molar-refractivity contribution is 0.183. The van der Waals surface area contributed by atoms with Crippen LogP contribution in [0.3, 0.4) is 0 Å². The van der Waals surface area contributed by atoms with E-state index in [9.17, 15) is 8.42 Å². The zero-order valence-corrected chi connectivity index (χ0v) is 12.1. The molecule has 1 aromatic rings. The summed E-state index contributed by atoms with van der Waals surface area (Å²) in [6, 6.07) is 4.17. The summed E-state index contributed by atoms with van der Waals surface area (Å²) in [5, 5.41) is 0. The summed E-state index contributed by atoms with van der Waals surface area (Å²) in [4.78, 5) is 4.77. The zero-order valence-electron chi connectivity index (χ0n) is 10.5. The molecule has 0 amide bonds. The molecule has 1 saturated heterocycles. The summed E-state index contributed by atoms with van der Waals surface area (Å²) in [6.45, 7) is 4.25. The van der Waals surface area contributed by atoms with Crippen LogP contribution in [0.4, 0.5) is 0 Å². The number of sulfonamides is 1. The molecule has 0 atom stereocenters. The molecule has 0 aromatic carbocycles. The van der Waals surface area contributed by atoms with Gasteiger partial charge < -0.3 is 5.73 Å². The Balaban J connectivity index is 1.87. The molecule has 7 heteroatoms.